The molecule has 188 valence electrons. The molecule has 4 aromatic rings. The maximum atomic E-state index is 15.4. The number of aromatic amines is 1. The maximum Gasteiger partial charge on any atom is 0.262 e. The van der Waals surface area contributed by atoms with Gasteiger partial charge in [-0.05, 0) is 44.2 Å². The van der Waals surface area contributed by atoms with Crippen LogP contribution in [0.4, 0.5) is 24.7 Å². The summed E-state index contributed by atoms with van der Waals surface area (Å²) in [6.45, 7) is 3.68. The second-order valence-corrected chi connectivity index (χ2v) is 9.64. The van der Waals surface area contributed by atoms with Crippen molar-refractivity contribution in [2.24, 2.45) is 0 Å². The Morgan fingerprint density at radius 3 is 2.50 bits per heavy atom. The Kier molecular flexibility index (Phi) is 6.59. The van der Waals surface area contributed by atoms with Crippen molar-refractivity contribution in [2.75, 3.05) is 17.1 Å². The number of hydrogen-bond acceptors (Lipinski definition) is 7. The molecule has 0 aliphatic carbocycles. The molecule has 3 N–H and O–H groups in total. The van der Waals surface area contributed by atoms with Crippen LogP contribution in [0.1, 0.15) is 29.8 Å². The largest absolute Gasteiger partial charge is 0.494 e. The summed E-state index contributed by atoms with van der Waals surface area (Å²) in [6.07, 6.45) is 2.50. The number of H-pyrrole nitrogens is 1. The predicted octanol–water partition coefficient (Wildman–Crippen LogP) is 4.24. The molecule has 0 atom stereocenters. The van der Waals surface area contributed by atoms with Crippen LogP contribution in [0.5, 0.6) is 5.75 Å². The summed E-state index contributed by atoms with van der Waals surface area (Å²) in [6, 6.07) is 4.32. The number of benzene rings is 2. The summed E-state index contributed by atoms with van der Waals surface area (Å²) in [7, 11) is -3.30. The molecule has 2 heterocycles. The van der Waals surface area contributed by atoms with Crippen LogP contribution >= 0.6 is 0 Å². The van der Waals surface area contributed by atoms with Crippen molar-refractivity contribution in [1.29, 1.82) is 0 Å². The molecule has 2 aromatic carbocycles. The van der Waals surface area contributed by atoms with Gasteiger partial charge >= 0.3 is 0 Å². The Hall–Kier alpha value is -4.13. The van der Waals surface area contributed by atoms with Gasteiger partial charge in [-0.15, -0.1) is 0 Å². The molecule has 0 saturated carbocycles. The van der Waals surface area contributed by atoms with Crippen LogP contribution < -0.4 is 14.8 Å². The van der Waals surface area contributed by atoms with Crippen LogP contribution in [-0.4, -0.2) is 42.3 Å². The average molecular weight is 520 g/mol. The molecular formula is C23H20F3N5O4S. The molecule has 0 aliphatic heterocycles. The number of ether oxygens (including phenoxy) is 1. The second kappa shape index (κ2) is 9.49. The molecule has 13 heteroatoms. The molecule has 0 aliphatic rings. The standard InChI is InChI=1S/C23H20F3N5O4S/c1-11(2)30-23-18-13(9-27-22(18)28-10-29-23)21(32)19-14(24)5-6-16(20(19)26)31-36(33,34)12-4-7-17(35-3)15(25)8-12/h4-11,31H,1-3H3,(H2,27,28,29,30). The Bertz CT molecular complexity index is 1590. The number of halogens is 3. The normalized spacial score (nSPS) is 11.6. The molecule has 0 fully saturated rings. The van der Waals surface area contributed by atoms with Gasteiger partial charge in [0.15, 0.2) is 17.4 Å². The Morgan fingerprint density at radius 1 is 1.08 bits per heavy atom. The van der Waals surface area contributed by atoms with Crippen LogP contribution in [0.15, 0.2) is 47.8 Å². The molecular weight excluding hydrogens is 499 g/mol. The van der Waals surface area contributed by atoms with E-state index in [4.69, 9.17) is 4.74 Å². The van der Waals surface area contributed by atoms with Gasteiger partial charge in [0.05, 0.1) is 34.2 Å². The number of nitrogens with one attached hydrogen (secondary N) is 3. The first-order chi connectivity index (χ1) is 17.0. The average Bonchev–Trinajstić information content (AvgIpc) is 3.26. The number of ketones is 1. The minimum Gasteiger partial charge on any atom is -0.494 e. The highest BCUT2D eigenvalue weighted by Gasteiger charge is 2.28. The van der Waals surface area contributed by atoms with Crippen molar-refractivity contribution in [2.45, 2.75) is 24.8 Å². The lowest BCUT2D eigenvalue weighted by molar-refractivity contribution is 0.103. The summed E-state index contributed by atoms with van der Waals surface area (Å²) in [5.41, 5.74) is -1.55. The quantitative estimate of drug-likeness (QED) is 0.297. The number of methoxy groups -OCH3 is 1. The fourth-order valence-electron chi connectivity index (χ4n) is 3.52. The number of rotatable bonds is 8. The third-order valence-electron chi connectivity index (χ3n) is 5.14. The van der Waals surface area contributed by atoms with E-state index in [0.29, 0.717) is 6.07 Å². The third kappa shape index (κ3) is 4.56. The summed E-state index contributed by atoms with van der Waals surface area (Å²) in [4.78, 5) is 23.7. The maximum absolute atomic E-state index is 15.4. The van der Waals surface area contributed by atoms with Gasteiger partial charge in [0.25, 0.3) is 10.0 Å². The zero-order valence-corrected chi connectivity index (χ0v) is 20.0. The second-order valence-electron chi connectivity index (χ2n) is 7.96. The zero-order valence-electron chi connectivity index (χ0n) is 19.2. The smallest absolute Gasteiger partial charge is 0.262 e. The number of carbonyl (C=O) groups excluding carboxylic acids is 1. The van der Waals surface area contributed by atoms with E-state index in [1.165, 1.54) is 19.6 Å². The van der Waals surface area contributed by atoms with E-state index >= 15 is 4.39 Å². The molecule has 0 bridgehead atoms. The van der Waals surface area contributed by atoms with Crippen LogP contribution in [-0.2, 0) is 10.0 Å². The van der Waals surface area contributed by atoms with Crippen molar-refractivity contribution >= 4 is 38.3 Å². The van der Waals surface area contributed by atoms with Gasteiger partial charge in [0.1, 0.15) is 23.6 Å². The van der Waals surface area contributed by atoms with Crippen molar-refractivity contribution in [3.8, 4) is 5.75 Å². The molecule has 0 saturated heterocycles. The van der Waals surface area contributed by atoms with E-state index in [2.05, 4.69) is 20.3 Å². The summed E-state index contributed by atoms with van der Waals surface area (Å²) < 4.78 is 76.3. The Balaban J connectivity index is 1.76. The minimum absolute atomic E-state index is 0.0741. The number of carbonyl (C=O) groups is 1. The Labute approximate surface area is 203 Å². The lowest BCUT2D eigenvalue weighted by Crippen LogP contribution is -2.17. The lowest BCUT2D eigenvalue weighted by Gasteiger charge is -2.13. The van der Waals surface area contributed by atoms with E-state index < -0.39 is 49.4 Å². The van der Waals surface area contributed by atoms with Crippen molar-refractivity contribution in [3.63, 3.8) is 0 Å². The van der Waals surface area contributed by atoms with Gasteiger partial charge in [0, 0.05) is 12.2 Å². The van der Waals surface area contributed by atoms with Gasteiger partial charge in [-0.3, -0.25) is 9.52 Å². The van der Waals surface area contributed by atoms with E-state index in [0.717, 1.165) is 24.3 Å². The number of sulfonamides is 1. The van der Waals surface area contributed by atoms with E-state index in [1.807, 2.05) is 18.6 Å². The van der Waals surface area contributed by atoms with E-state index in [9.17, 15) is 22.0 Å². The Morgan fingerprint density at radius 2 is 1.83 bits per heavy atom. The highest BCUT2D eigenvalue weighted by atomic mass is 32.2. The summed E-state index contributed by atoms with van der Waals surface area (Å²) in [5, 5.41) is 3.26. The number of nitrogens with zero attached hydrogens (tertiary/aromatic N) is 2. The highest BCUT2D eigenvalue weighted by Crippen LogP contribution is 2.31. The summed E-state index contributed by atoms with van der Waals surface area (Å²) >= 11 is 0. The molecule has 36 heavy (non-hydrogen) atoms. The molecule has 2 aromatic heterocycles. The first kappa shape index (κ1) is 25.0. The monoisotopic (exact) mass is 519 g/mol. The molecule has 0 amide bonds. The van der Waals surface area contributed by atoms with Crippen LogP contribution in [0.25, 0.3) is 11.0 Å². The van der Waals surface area contributed by atoms with Crippen molar-refractivity contribution in [1.82, 2.24) is 15.0 Å². The molecule has 4 rings (SSSR count). The first-order valence-corrected chi connectivity index (χ1v) is 12.0. The molecule has 9 nitrogen and oxygen atoms in total. The predicted molar refractivity (Wildman–Crippen MR) is 126 cm³/mol. The van der Waals surface area contributed by atoms with Gasteiger partial charge in [0.2, 0.25) is 5.78 Å². The van der Waals surface area contributed by atoms with Gasteiger partial charge in [-0.1, -0.05) is 0 Å². The molecule has 0 spiro atoms. The summed E-state index contributed by atoms with van der Waals surface area (Å²) in [5.74, 6) is -4.58. The van der Waals surface area contributed by atoms with Crippen LogP contribution in [0.2, 0.25) is 0 Å². The number of fused-ring (bicyclic) bond motifs is 1. The van der Waals surface area contributed by atoms with E-state index in [1.54, 1.807) is 0 Å². The third-order valence-corrected chi connectivity index (χ3v) is 6.50. The van der Waals surface area contributed by atoms with Gasteiger partial charge < -0.3 is 15.0 Å². The SMILES string of the molecule is COc1ccc(S(=O)(=O)Nc2ccc(F)c(C(=O)c3c[nH]c4ncnc(NC(C)C)c34)c2F)cc1F. The zero-order chi connectivity index (χ0) is 26.2. The van der Waals surface area contributed by atoms with Crippen LogP contribution in [0.3, 0.4) is 0 Å². The van der Waals surface area contributed by atoms with Crippen molar-refractivity contribution in [3.05, 3.63) is 71.4 Å². The fourth-order valence-corrected chi connectivity index (χ4v) is 4.59. The number of anilines is 2. The van der Waals surface area contributed by atoms with Crippen molar-refractivity contribution < 1.29 is 31.1 Å². The molecule has 0 unspecified atom stereocenters. The number of aromatic nitrogens is 3. The fraction of sp³-hybridized carbons (Fsp3) is 0.174. The minimum atomic E-state index is -4.50. The topological polar surface area (TPSA) is 126 Å². The van der Waals surface area contributed by atoms with Crippen LogP contribution in [0, 0.1) is 17.5 Å². The lowest BCUT2D eigenvalue weighted by atomic mass is 10.0. The first-order valence-electron chi connectivity index (χ1n) is 10.5. The highest BCUT2D eigenvalue weighted by molar-refractivity contribution is 7.92. The van der Waals surface area contributed by atoms with Gasteiger partial charge in [-0.25, -0.2) is 31.6 Å². The number of hydrogen-bond donors (Lipinski definition) is 3. The van der Waals surface area contributed by atoms with Gasteiger partial charge in [-0.2, -0.15) is 0 Å². The molecule has 0 radical (unpaired) electrons. The van der Waals surface area contributed by atoms with E-state index in [-0.39, 0.29) is 34.2 Å².